The molecule has 0 aliphatic heterocycles. The lowest BCUT2D eigenvalue weighted by molar-refractivity contribution is 0.404. The van der Waals surface area contributed by atoms with E-state index in [2.05, 4.69) is 108 Å². The Balaban J connectivity index is 1.63. The molecule has 5 heteroatoms. The molecular formula is C28H27N5. The zero-order chi connectivity index (χ0) is 22.9. The van der Waals surface area contributed by atoms with Crippen molar-refractivity contribution in [3.05, 3.63) is 95.6 Å². The standard InChI is InChI=1S/C28H27N5/c1-5-18-10-7-8-12-22(18)21(6-2)19-14-15-24-23(16-19)27(32-31-24)28-29-25-13-9-11-20(17-33(3)4)26(25)30-28/h5-16H,1,17H2,2-4H3,(H,29,30)(H,31,32)/b21-6-. The minimum absolute atomic E-state index is 0.771. The number of fused-ring (bicyclic) bond motifs is 2. The second-order valence-corrected chi connectivity index (χ2v) is 8.46. The summed E-state index contributed by atoms with van der Waals surface area (Å²) in [7, 11) is 4.14. The molecule has 3 aromatic carbocycles. The highest BCUT2D eigenvalue weighted by atomic mass is 15.1. The van der Waals surface area contributed by atoms with Crippen molar-refractivity contribution in [3.63, 3.8) is 0 Å². The van der Waals surface area contributed by atoms with E-state index in [1.807, 2.05) is 12.1 Å². The molecule has 0 amide bonds. The van der Waals surface area contributed by atoms with Crippen LogP contribution in [-0.4, -0.2) is 39.2 Å². The maximum Gasteiger partial charge on any atom is 0.159 e. The Labute approximate surface area is 193 Å². The summed E-state index contributed by atoms with van der Waals surface area (Å²) < 4.78 is 0. The minimum Gasteiger partial charge on any atom is -0.337 e. The van der Waals surface area contributed by atoms with Crippen molar-refractivity contribution in [2.24, 2.45) is 0 Å². The largest absolute Gasteiger partial charge is 0.337 e. The van der Waals surface area contributed by atoms with E-state index in [1.54, 1.807) is 0 Å². The van der Waals surface area contributed by atoms with Gasteiger partial charge in [-0.3, -0.25) is 5.10 Å². The van der Waals surface area contributed by atoms with E-state index in [4.69, 9.17) is 4.98 Å². The van der Waals surface area contributed by atoms with Crippen LogP contribution >= 0.6 is 0 Å². The Morgan fingerprint density at radius 3 is 2.67 bits per heavy atom. The van der Waals surface area contributed by atoms with Gasteiger partial charge in [0.2, 0.25) is 0 Å². The first-order chi connectivity index (χ1) is 16.1. The molecule has 164 valence electrons. The highest BCUT2D eigenvalue weighted by Crippen LogP contribution is 2.33. The van der Waals surface area contributed by atoms with Gasteiger partial charge in [0.15, 0.2) is 5.82 Å². The number of hydrogen-bond acceptors (Lipinski definition) is 3. The van der Waals surface area contributed by atoms with E-state index in [1.165, 1.54) is 5.56 Å². The number of imidazole rings is 1. The van der Waals surface area contributed by atoms with Gasteiger partial charge in [-0.25, -0.2) is 4.98 Å². The molecular weight excluding hydrogens is 406 g/mol. The Morgan fingerprint density at radius 2 is 1.88 bits per heavy atom. The number of hydrogen-bond donors (Lipinski definition) is 2. The zero-order valence-electron chi connectivity index (χ0n) is 19.2. The van der Waals surface area contributed by atoms with Gasteiger partial charge in [0.05, 0.1) is 16.6 Å². The second-order valence-electron chi connectivity index (χ2n) is 8.46. The van der Waals surface area contributed by atoms with Gasteiger partial charge in [0.1, 0.15) is 5.69 Å². The summed E-state index contributed by atoms with van der Waals surface area (Å²) in [4.78, 5) is 10.6. The molecule has 5 rings (SSSR count). The normalized spacial score (nSPS) is 12.2. The smallest absolute Gasteiger partial charge is 0.159 e. The average molecular weight is 434 g/mol. The van der Waals surface area contributed by atoms with E-state index in [-0.39, 0.29) is 0 Å². The number of nitrogens with one attached hydrogen (secondary N) is 2. The van der Waals surface area contributed by atoms with Crippen molar-refractivity contribution in [1.29, 1.82) is 0 Å². The number of nitrogens with zero attached hydrogens (tertiary/aromatic N) is 3. The van der Waals surface area contributed by atoms with Crippen molar-refractivity contribution in [2.45, 2.75) is 13.5 Å². The van der Waals surface area contributed by atoms with Gasteiger partial charge in [-0.15, -0.1) is 0 Å². The monoisotopic (exact) mass is 433 g/mol. The molecule has 33 heavy (non-hydrogen) atoms. The lowest BCUT2D eigenvalue weighted by Crippen LogP contribution is -2.10. The van der Waals surface area contributed by atoms with Crippen LogP contribution in [0, 0.1) is 0 Å². The SMILES string of the molecule is C=Cc1ccccc1/C(=C\C)c1ccc2[nH]nc(-c3nc4c(CN(C)C)cccc4[nH]3)c2c1. The van der Waals surface area contributed by atoms with E-state index in [0.717, 1.165) is 62.3 Å². The van der Waals surface area contributed by atoms with Gasteiger partial charge in [-0.2, -0.15) is 5.10 Å². The second kappa shape index (κ2) is 8.52. The van der Waals surface area contributed by atoms with Crippen LogP contribution in [0.25, 0.3) is 45.1 Å². The fourth-order valence-corrected chi connectivity index (χ4v) is 4.43. The number of rotatable bonds is 6. The molecule has 5 nitrogen and oxygen atoms in total. The molecule has 0 saturated heterocycles. The molecule has 0 atom stereocenters. The summed E-state index contributed by atoms with van der Waals surface area (Å²) in [6, 6.07) is 21.0. The third-order valence-corrected chi connectivity index (χ3v) is 5.94. The fourth-order valence-electron chi connectivity index (χ4n) is 4.43. The molecule has 2 heterocycles. The zero-order valence-corrected chi connectivity index (χ0v) is 19.2. The summed E-state index contributed by atoms with van der Waals surface area (Å²) in [5, 5.41) is 8.83. The number of aromatic nitrogens is 4. The molecule has 0 spiro atoms. The van der Waals surface area contributed by atoms with Crippen molar-refractivity contribution >= 4 is 33.6 Å². The Kier molecular flexibility index (Phi) is 5.40. The van der Waals surface area contributed by atoms with Gasteiger partial charge in [-0.1, -0.05) is 61.2 Å². The molecule has 2 N–H and O–H groups in total. The van der Waals surface area contributed by atoms with Crippen LogP contribution < -0.4 is 0 Å². The van der Waals surface area contributed by atoms with Crippen molar-refractivity contribution < 1.29 is 0 Å². The summed E-state index contributed by atoms with van der Waals surface area (Å²) in [5.41, 5.74) is 9.58. The number of para-hydroxylation sites is 1. The molecule has 5 aromatic rings. The number of aromatic amines is 2. The van der Waals surface area contributed by atoms with E-state index in [9.17, 15) is 0 Å². The highest BCUT2D eigenvalue weighted by Gasteiger charge is 2.16. The molecule has 0 radical (unpaired) electrons. The molecule has 2 aromatic heterocycles. The fraction of sp³-hybridized carbons (Fsp3) is 0.143. The van der Waals surface area contributed by atoms with Crippen LogP contribution in [0.1, 0.15) is 29.2 Å². The first-order valence-corrected chi connectivity index (χ1v) is 11.1. The van der Waals surface area contributed by atoms with E-state index < -0.39 is 0 Å². The Hall–Kier alpha value is -3.96. The third-order valence-electron chi connectivity index (χ3n) is 5.94. The molecule has 0 bridgehead atoms. The van der Waals surface area contributed by atoms with E-state index >= 15 is 0 Å². The van der Waals surface area contributed by atoms with Crippen molar-refractivity contribution in [3.8, 4) is 11.5 Å². The molecule has 0 aliphatic carbocycles. The Bertz CT molecular complexity index is 1500. The molecule has 0 unspecified atom stereocenters. The average Bonchev–Trinajstić information content (AvgIpc) is 3.44. The van der Waals surface area contributed by atoms with Crippen LogP contribution in [0.2, 0.25) is 0 Å². The highest BCUT2D eigenvalue weighted by molar-refractivity contribution is 5.97. The predicted octanol–water partition coefficient (Wildman–Crippen LogP) is 6.26. The number of H-pyrrole nitrogens is 2. The van der Waals surface area contributed by atoms with Crippen molar-refractivity contribution in [1.82, 2.24) is 25.1 Å². The van der Waals surface area contributed by atoms with Crippen LogP contribution in [0.4, 0.5) is 0 Å². The van der Waals surface area contributed by atoms with Gasteiger partial charge >= 0.3 is 0 Å². The van der Waals surface area contributed by atoms with Crippen molar-refractivity contribution in [2.75, 3.05) is 14.1 Å². The van der Waals surface area contributed by atoms with Gasteiger partial charge in [-0.05, 0) is 67.0 Å². The maximum atomic E-state index is 4.95. The van der Waals surface area contributed by atoms with Gasteiger partial charge in [0.25, 0.3) is 0 Å². The predicted molar refractivity (Wildman–Crippen MR) is 138 cm³/mol. The first-order valence-electron chi connectivity index (χ1n) is 11.1. The van der Waals surface area contributed by atoms with Gasteiger partial charge < -0.3 is 9.88 Å². The lowest BCUT2D eigenvalue weighted by Gasteiger charge is -2.11. The summed E-state index contributed by atoms with van der Waals surface area (Å²) in [5.74, 6) is 0.771. The summed E-state index contributed by atoms with van der Waals surface area (Å²) in [6.45, 7) is 6.89. The molecule has 0 saturated carbocycles. The summed E-state index contributed by atoms with van der Waals surface area (Å²) in [6.07, 6.45) is 4.05. The quantitative estimate of drug-likeness (QED) is 0.332. The van der Waals surface area contributed by atoms with Crippen LogP contribution in [-0.2, 0) is 6.54 Å². The Morgan fingerprint density at radius 1 is 1.03 bits per heavy atom. The van der Waals surface area contributed by atoms with Gasteiger partial charge in [0, 0.05) is 11.9 Å². The number of benzene rings is 3. The minimum atomic E-state index is 0.771. The van der Waals surface area contributed by atoms with Crippen LogP contribution in [0.3, 0.4) is 0 Å². The van der Waals surface area contributed by atoms with Crippen LogP contribution in [0.5, 0.6) is 0 Å². The topological polar surface area (TPSA) is 60.6 Å². The number of allylic oxidation sites excluding steroid dienone is 1. The molecule has 0 fully saturated rings. The van der Waals surface area contributed by atoms with Crippen LogP contribution in [0.15, 0.2) is 73.3 Å². The lowest BCUT2D eigenvalue weighted by atomic mass is 9.93. The maximum absolute atomic E-state index is 4.95. The molecule has 0 aliphatic rings. The third kappa shape index (κ3) is 3.77. The van der Waals surface area contributed by atoms with E-state index in [0.29, 0.717) is 0 Å². The first kappa shape index (κ1) is 20.9. The summed E-state index contributed by atoms with van der Waals surface area (Å²) >= 11 is 0.